The van der Waals surface area contributed by atoms with Gasteiger partial charge in [0.05, 0.1) is 13.2 Å². The number of rotatable bonds is 5. The molecule has 0 aliphatic carbocycles. The van der Waals surface area contributed by atoms with Crippen molar-refractivity contribution >= 4 is 29.3 Å². The van der Waals surface area contributed by atoms with Crippen LogP contribution in [0.25, 0.3) is 0 Å². The van der Waals surface area contributed by atoms with Crippen molar-refractivity contribution in [3.63, 3.8) is 0 Å². The number of alkyl halides is 1. The Labute approximate surface area is 86.3 Å². The molecule has 0 unspecified atom stereocenters. The summed E-state index contributed by atoms with van der Waals surface area (Å²) in [6, 6.07) is 0. The third-order valence-electron chi connectivity index (χ3n) is 1.20. The van der Waals surface area contributed by atoms with Crippen LogP contribution in [0.2, 0.25) is 0 Å². The van der Waals surface area contributed by atoms with Gasteiger partial charge in [-0.1, -0.05) is 0 Å². The lowest BCUT2D eigenvalue weighted by molar-refractivity contribution is -0.157. The highest BCUT2D eigenvalue weighted by Gasteiger charge is 2.31. The van der Waals surface area contributed by atoms with Gasteiger partial charge in [-0.25, -0.2) is 9.59 Å². The summed E-state index contributed by atoms with van der Waals surface area (Å²) in [4.78, 5) is 32.8. The Morgan fingerprint density at radius 1 is 1.14 bits per heavy atom. The van der Waals surface area contributed by atoms with Crippen LogP contribution < -0.4 is 0 Å². The van der Waals surface area contributed by atoms with Gasteiger partial charge in [-0.05, 0) is 13.8 Å². The maximum Gasteiger partial charge on any atom is 0.376 e. The SMILES string of the molecule is CCOC(=O)C(=O)[C@@H](Cl)C(=O)OCC. The third kappa shape index (κ3) is 3.74. The first-order valence-corrected chi connectivity index (χ1v) is 4.49. The third-order valence-corrected chi connectivity index (χ3v) is 1.58. The number of ketones is 1. The van der Waals surface area contributed by atoms with E-state index in [1.54, 1.807) is 13.8 Å². The molecule has 0 saturated carbocycles. The van der Waals surface area contributed by atoms with Crippen LogP contribution in [0.5, 0.6) is 0 Å². The lowest BCUT2D eigenvalue weighted by Gasteiger charge is -2.06. The first-order chi connectivity index (χ1) is 6.54. The van der Waals surface area contributed by atoms with Crippen molar-refractivity contribution < 1.29 is 23.9 Å². The number of carbonyl (C=O) groups excluding carboxylic acids is 3. The van der Waals surface area contributed by atoms with Crippen molar-refractivity contribution in [2.75, 3.05) is 13.2 Å². The highest BCUT2D eigenvalue weighted by molar-refractivity contribution is 6.54. The number of esters is 2. The number of hydrogen-bond donors (Lipinski definition) is 0. The fourth-order valence-corrected chi connectivity index (χ4v) is 0.780. The lowest BCUT2D eigenvalue weighted by Crippen LogP contribution is -2.33. The van der Waals surface area contributed by atoms with Gasteiger partial charge in [-0.15, -0.1) is 11.6 Å². The number of Topliss-reactive ketones (excluding diaryl/α,β-unsaturated/α-hetero) is 1. The second kappa shape index (κ2) is 6.37. The molecule has 6 heteroatoms. The Balaban J connectivity index is 4.24. The predicted octanol–water partition coefficient (Wildman–Crippen LogP) is 0.289. The molecule has 0 aromatic carbocycles. The molecule has 0 N–H and O–H groups in total. The molecule has 14 heavy (non-hydrogen) atoms. The summed E-state index contributed by atoms with van der Waals surface area (Å²) in [6.07, 6.45) is 0. The van der Waals surface area contributed by atoms with E-state index in [1.165, 1.54) is 0 Å². The first kappa shape index (κ1) is 12.9. The summed E-state index contributed by atoms with van der Waals surface area (Å²) in [5.74, 6) is -3.17. The van der Waals surface area contributed by atoms with Gasteiger partial charge in [-0.2, -0.15) is 0 Å². The van der Waals surface area contributed by atoms with Gasteiger partial charge in [-0.3, -0.25) is 4.79 Å². The Morgan fingerprint density at radius 2 is 1.64 bits per heavy atom. The van der Waals surface area contributed by atoms with Crippen molar-refractivity contribution in [3.8, 4) is 0 Å². The molecule has 0 aromatic heterocycles. The summed E-state index contributed by atoms with van der Waals surface area (Å²) in [7, 11) is 0. The maximum absolute atomic E-state index is 11.0. The molecule has 0 bridgehead atoms. The van der Waals surface area contributed by atoms with Crippen molar-refractivity contribution in [2.45, 2.75) is 19.2 Å². The van der Waals surface area contributed by atoms with Gasteiger partial charge in [0.15, 0.2) is 0 Å². The monoisotopic (exact) mass is 222 g/mol. The van der Waals surface area contributed by atoms with Crippen LogP contribution in [0.4, 0.5) is 0 Å². The van der Waals surface area contributed by atoms with Crippen LogP contribution >= 0.6 is 11.6 Å². The van der Waals surface area contributed by atoms with E-state index in [2.05, 4.69) is 9.47 Å². The normalized spacial score (nSPS) is 11.6. The summed E-state index contributed by atoms with van der Waals surface area (Å²) in [5.41, 5.74) is 0. The molecular formula is C8H11ClO5. The number of hydrogen-bond acceptors (Lipinski definition) is 5. The van der Waals surface area contributed by atoms with E-state index >= 15 is 0 Å². The highest BCUT2D eigenvalue weighted by atomic mass is 35.5. The second-order valence-corrected chi connectivity index (χ2v) is 2.64. The Morgan fingerprint density at radius 3 is 2.07 bits per heavy atom. The van der Waals surface area contributed by atoms with Crippen molar-refractivity contribution in [2.24, 2.45) is 0 Å². The number of ether oxygens (including phenoxy) is 2. The number of carbonyl (C=O) groups is 3. The lowest BCUT2D eigenvalue weighted by atomic mass is 10.3. The smallest absolute Gasteiger partial charge is 0.376 e. The minimum Gasteiger partial charge on any atom is -0.465 e. The van der Waals surface area contributed by atoms with Crippen LogP contribution in [0, 0.1) is 0 Å². The minimum atomic E-state index is -1.62. The molecule has 0 saturated heterocycles. The molecule has 0 aliphatic heterocycles. The number of halogens is 1. The fraction of sp³-hybridized carbons (Fsp3) is 0.625. The molecule has 0 rings (SSSR count). The van der Waals surface area contributed by atoms with Crippen LogP contribution in [0.15, 0.2) is 0 Å². The second-order valence-electron chi connectivity index (χ2n) is 2.20. The fourth-order valence-electron chi connectivity index (χ4n) is 0.628. The zero-order chi connectivity index (χ0) is 11.1. The van der Waals surface area contributed by atoms with E-state index in [0.29, 0.717) is 0 Å². The van der Waals surface area contributed by atoms with E-state index in [4.69, 9.17) is 11.6 Å². The van der Waals surface area contributed by atoms with Crippen LogP contribution in [0.3, 0.4) is 0 Å². The van der Waals surface area contributed by atoms with Crippen LogP contribution in [-0.2, 0) is 23.9 Å². The largest absolute Gasteiger partial charge is 0.465 e. The van der Waals surface area contributed by atoms with E-state index in [-0.39, 0.29) is 13.2 Å². The van der Waals surface area contributed by atoms with E-state index in [1.807, 2.05) is 0 Å². The van der Waals surface area contributed by atoms with Gasteiger partial charge >= 0.3 is 11.9 Å². The van der Waals surface area contributed by atoms with Crippen LogP contribution in [0.1, 0.15) is 13.8 Å². The van der Waals surface area contributed by atoms with E-state index in [9.17, 15) is 14.4 Å². The Bertz CT molecular complexity index is 238. The average Bonchev–Trinajstić information content (AvgIpc) is 2.16. The standard InChI is InChI=1S/C8H11ClO5/c1-3-13-7(11)5(9)6(10)8(12)14-4-2/h5H,3-4H2,1-2H3/t5-/m1/s1. The average molecular weight is 223 g/mol. The van der Waals surface area contributed by atoms with Gasteiger partial charge < -0.3 is 9.47 Å². The molecule has 0 heterocycles. The van der Waals surface area contributed by atoms with E-state index < -0.39 is 23.1 Å². The zero-order valence-electron chi connectivity index (χ0n) is 7.91. The first-order valence-electron chi connectivity index (χ1n) is 4.06. The van der Waals surface area contributed by atoms with E-state index in [0.717, 1.165) is 0 Å². The quantitative estimate of drug-likeness (QED) is 0.289. The molecule has 0 aliphatic rings. The topological polar surface area (TPSA) is 69.7 Å². The highest BCUT2D eigenvalue weighted by Crippen LogP contribution is 2.02. The Kier molecular flexibility index (Phi) is 5.87. The maximum atomic E-state index is 11.0. The molecule has 0 aromatic rings. The minimum absolute atomic E-state index is 0.0526. The Hall–Kier alpha value is -1.10. The summed E-state index contributed by atoms with van der Waals surface area (Å²) in [5, 5.41) is -1.62. The molecule has 0 radical (unpaired) electrons. The molecule has 5 nitrogen and oxygen atoms in total. The van der Waals surface area contributed by atoms with Gasteiger partial charge in [0.1, 0.15) is 0 Å². The zero-order valence-corrected chi connectivity index (χ0v) is 8.67. The van der Waals surface area contributed by atoms with Crippen molar-refractivity contribution in [1.82, 2.24) is 0 Å². The summed E-state index contributed by atoms with van der Waals surface area (Å²) in [6.45, 7) is 3.25. The molecule has 0 amide bonds. The van der Waals surface area contributed by atoms with Gasteiger partial charge in [0, 0.05) is 0 Å². The van der Waals surface area contributed by atoms with Gasteiger partial charge in [0.25, 0.3) is 5.78 Å². The molecule has 1 atom stereocenters. The molecule has 0 fully saturated rings. The van der Waals surface area contributed by atoms with Gasteiger partial charge in [0.2, 0.25) is 5.38 Å². The van der Waals surface area contributed by atoms with Crippen molar-refractivity contribution in [1.29, 1.82) is 0 Å². The molecule has 80 valence electrons. The molecule has 0 spiro atoms. The predicted molar refractivity (Wildman–Crippen MR) is 47.9 cm³/mol. The molecular weight excluding hydrogens is 212 g/mol. The summed E-state index contributed by atoms with van der Waals surface area (Å²) < 4.78 is 8.83. The summed E-state index contributed by atoms with van der Waals surface area (Å²) >= 11 is 5.37. The van der Waals surface area contributed by atoms with Crippen LogP contribution in [-0.4, -0.2) is 36.3 Å². The van der Waals surface area contributed by atoms with Crippen molar-refractivity contribution in [3.05, 3.63) is 0 Å².